The largest absolute Gasteiger partial charge is 0.495 e. The minimum absolute atomic E-state index is 0. The Morgan fingerprint density at radius 1 is 1.10 bits per heavy atom. The van der Waals surface area contributed by atoms with Crippen LogP contribution < -0.4 is 4.74 Å². The van der Waals surface area contributed by atoms with E-state index in [0.29, 0.717) is 18.0 Å². The van der Waals surface area contributed by atoms with Crippen molar-refractivity contribution in [1.29, 1.82) is 0 Å². The predicted molar refractivity (Wildman–Crippen MR) is 130 cm³/mol. The molecule has 172 valence electrons. The van der Waals surface area contributed by atoms with Crippen LogP contribution in [0.3, 0.4) is 0 Å². The molecule has 0 radical (unpaired) electrons. The van der Waals surface area contributed by atoms with Gasteiger partial charge in [-0.3, -0.25) is 9.69 Å². The SMILES string of the molecule is CCN1[C@H](C)CN(C(=O)c2cn(CC3CCCCC3)c3c(OC)cccc23)C[C@@H]1C.Cl. The van der Waals surface area contributed by atoms with E-state index in [-0.39, 0.29) is 18.3 Å². The number of ether oxygens (including phenoxy) is 1. The number of piperazine rings is 1. The van der Waals surface area contributed by atoms with Gasteiger partial charge in [-0.05, 0) is 45.2 Å². The molecule has 2 aliphatic rings. The number of para-hydroxylation sites is 1. The second kappa shape index (κ2) is 10.3. The van der Waals surface area contributed by atoms with Gasteiger partial charge in [-0.2, -0.15) is 0 Å². The standard InChI is InChI=1S/C25H37N3O2.ClH/c1-5-28-18(2)14-27(15-19(28)3)25(29)22-17-26(16-20-10-7-6-8-11-20)24-21(22)12-9-13-23(24)30-4;/h9,12-13,17-20H,5-8,10-11,14-16H2,1-4H3;1H/t18-,19+;. The quantitative estimate of drug-likeness (QED) is 0.631. The van der Waals surface area contributed by atoms with E-state index in [9.17, 15) is 4.79 Å². The fraction of sp³-hybridized carbons (Fsp3) is 0.640. The van der Waals surface area contributed by atoms with E-state index in [1.54, 1.807) is 7.11 Å². The Balaban J connectivity index is 0.00000272. The number of benzene rings is 1. The summed E-state index contributed by atoms with van der Waals surface area (Å²) in [5.41, 5.74) is 1.89. The maximum atomic E-state index is 13.7. The molecule has 1 aliphatic heterocycles. The van der Waals surface area contributed by atoms with E-state index in [0.717, 1.165) is 48.4 Å². The van der Waals surface area contributed by atoms with Crippen molar-refractivity contribution in [2.45, 2.75) is 71.5 Å². The molecule has 0 spiro atoms. The van der Waals surface area contributed by atoms with Crippen LogP contribution in [0, 0.1) is 5.92 Å². The molecule has 6 heteroatoms. The number of halogens is 1. The van der Waals surface area contributed by atoms with Gasteiger partial charge in [-0.1, -0.05) is 38.3 Å². The highest BCUT2D eigenvalue weighted by atomic mass is 35.5. The number of nitrogens with zero attached hydrogens (tertiary/aromatic N) is 3. The minimum atomic E-state index is 0. The van der Waals surface area contributed by atoms with Crippen molar-refractivity contribution < 1.29 is 9.53 Å². The van der Waals surface area contributed by atoms with Crippen LogP contribution in [0.25, 0.3) is 10.9 Å². The molecule has 2 atom stereocenters. The molecule has 0 N–H and O–H groups in total. The van der Waals surface area contributed by atoms with E-state index in [1.165, 1.54) is 32.1 Å². The maximum absolute atomic E-state index is 13.7. The average molecular weight is 448 g/mol. The lowest BCUT2D eigenvalue weighted by Crippen LogP contribution is -2.57. The third kappa shape index (κ3) is 4.73. The monoisotopic (exact) mass is 447 g/mol. The zero-order chi connectivity index (χ0) is 21.3. The summed E-state index contributed by atoms with van der Waals surface area (Å²) in [6, 6.07) is 6.86. The number of carbonyl (C=O) groups is 1. The van der Waals surface area contributed by atoms with Gasteiger partial charge in [0.25, 0.3) is 5.91 Å². The van der Waals surface area contributed by atoms with Crippen LogP contribution in [0.5, 0.6) is 5.75 Å². The van der Waals surface area contributed by atoms with Gasteiger partial charge in [0.15, 0.2) is 0 Å². The molecule has 5 nitrogen and oxygen atoms in total. The van der Waals surface area contributed by atoms with Crippen LogP contribution in [0.1, 0.15) is 63.2 Å². The number of fused-ring (bicyclic) bond motifs is 1. The van der Waals surface area contributed by atoms with E-state index >= 15 is 0 Å². The van der Waals surface area contributed by atoms with Crippen LogP contribution in [0.15, 0.2) is 24.4 Å². The highest BCUT2D eigenvalue weighted by molar-refractivity contribution is 6.08. The van der Waals surface area contributed by atoms with Gasteiger partial charge in [0.1, 0.15) is 5.75 Å². The third-order valence-electron chi connectivity index (χ3n) is 7.25. The summed E-state index contributed by atoms with van der Waals surface area (Å²) in [6.07, 6.45) is 8.68. The Bertz CT molecular complexity index is 878. The molecule has 1 amide bonds. The summed E-state index contributed by atoms with van der Waals surface area (Å²) in [5.74, 6) is 1.71. The van der Waals surface area contributed by atoms with Crippen molar-refractivity contribution in [3.8, 4) is 5.75 Å². The first-order valence-electron chi connectivity index (χ1n) is 11.7. The van der Waals surface area contributed by atoms with Gasteiger partial charge in [-0.15, -0.1) is 12.4 Å². The van der Waals surface area contributed by atoms with E-state index in [1.807, 2.05) is 12.1 Å². The highest BCUT2D eigenvalue weighted by Gasteiger charge is 2.32. The van der Waals surface area contributed by atoms with E-state index < -0.39 is 0 Å². The topological polar surface area (TPSA) is 37.7 Å². The lowest BCUT2D eigenvalue weighted by molar-refractivity contribution is 0.0331. The number of amides is 1. The molecule has 31 heavy (non-hydrogen) atoms. The van der Waals surface area contributed by atoms with Crippen LogP contribution in [0.2, 0.25) is 0 Å². The van der Waals surface area contributed by atoms with Crippen LogP contribution >= 0.6 is 12.4 Å². The fourth-order valence-corrected chi connectivity index (χ4v) is 5.77. The molecule has 2 fully saturated rings. The number of hydrogen-bond acceptors (Lipinski definition) is 3. The molecule has 1 aromatic heterocycles. The van der Waals surface area contributed by atoms with Gasteiger partial charge in [0, 0.05) is 43.3 Å². The van der Waals surface area contributed by atoms with Crippen molar-refractivity contribution in [3.05, 3.63) is 30.0 Å². The zero-order valence-corrected chi connectivity index (χ0v) is 20.3. The van der Waals surface area contributed by atoms with E-state index in [2.05, 4.69) is 47.4 Å². The third-order valence-corrected chi connectivity index (χ3v) is 7.25. The van der Waals surface area contributed by atoms with Gasteiger partial charge >= 0.3 is 0 Å². The van der Waals surface area contributed by atoms with E-state index in [4.69, 9.17) is 4.74 Å². The summed E-state index contributed by atoms with van der Waals surface area (Å²) in [4.78, 5) is 18.2. The molecular formula is C25H38ClN3O2. The summed E-state index contributed by atoms with van der Waals surface area (Å²) in [5, 5.41) is 1.02. The molecular weight excluding hydrogens is 410 g/mol. The number of aromatic nitrogens is 1. The molecule has 0 bridgehead atoms. The molecule has 1 saturated carbocycles. The molecule has 1 aliphatic carbocycles. The number of carbonyl (C=O) groups excluding carboxylic acids is 1. The Morgan fingerprint density at radius 3 is 2.39 bits per heavy atom. The highest BCUT2D eigenvalue weighted by Crippen LogP contribution is 2.34. The maximum Gasteiger partial charge on any atom is 0.256 e. The van der Waals surface area contributed by atoms with Crippen LogP contribution in [-0.2, 0) is 6.54 Å². The normalized spacial score (nSPS) is 23.0. The number of rotatable bonds is 5. The fourth-order valence-electron chi connectivity index (χ4n) is 5.77. The summed E-state index contributed by atoms with van der Waals surface area (Å²) >= 11 is 0. The van der Waals surface area contributed by atoms with Crippen molar-refractivity contribution >= 4 is 29.2 Å². The first-order chi connectivity index (χ1) is 14.5. The molecule has 2 heterocycles. The van der Waals surface area contributed by atoms with Crippen molar-refractivity contribution in [3.63, 3.8) is 0 Å². The van der Waals surface area contributed by atoms with Crippen LogP contribution in [0.4, 0.5) is 0 Å². The summed E-state index contributed by atoms with van der Waals surface area (Å²) < 4.78 is 8.00. The average Bonchev–Trinajstić information content (AvgIpc) is 3.12. The van der Waals surface area contributed by atoms with Crippen molar-refractivity contribution in [1.82, 2.24) is 14.4 Å². The predicted octanol–water partition coefficient (Wildman–Crippen LogP) is 5.21. The first kappa shape index (κ1) is 23.9. The molecule has 1 aromatic carbocycles. The summed E-state index contributed by atoms with van der Waals surface area (Å²) in [6.45, 7) is 10.2. The summed E-state index contributed by atoms with van der Waals surface area (Å²) in [7, 11) is 1.72. The second-order valence-corrected chi connectivity index (χ2v) is 9.29. The number of likely N-dealkylation sites (N-methyl/N-ethyl adjacent to an activating group) is 1. The number of hydrogen-bond donors (Lipinski definition) is 0. The first-order valence-corrected chi connectivity index (χ1v) is 11.7. The minimum Gasteiger partial charge on any atom is -0.495 e. The Kier molecular flexibility index (Phi) is 7.92. The van der Waals surface area contributed by atoms with Crippen molar-refractivity contribution in [2.75, 3.05) is 26.7 Å². The Labute approximate surface area is 193 Å². The van der Waals surface area contributed by atoms with Gasteiger partial charge in [-0.25, -0.2) is 0 Å². The van der Waals surface area contributed by atoms with Gasteiger partial charge in [0.2, 0.25) is 0 Å². The molecule has 0 unspecified atom stereocenters. The van der Waals surface area contributed by atoms with Crippen molar-refractivity contribution in [2.24, 2.45) is 5.92 Å². The van der Waals surface area contributed by atoms with Gasteiger partial charge < -0.3 is 14.2 Å². The van der Waals surface area contributed by atoms with Crippen LogP contribution in [-0.4, -0.2) is 59.1 Å². The zero-order valence-electron chi connectivity index (χ0n) is 19.5. The molecule has 2 aromatic rings. The van der Waals surface area contributed by atoms with Gasteiger partial charge in [0.05, 0.1) is 18.2 Å². The molecule has 1 saturated heterocycles. The smallest absolute Gasteiger partial charge is 0.256 e. The lowest BCUT2D eigenvalue weighted by Gasteiger charge is -2.44. The number of methoxy groups -OCH3 is 1. The lowest BCUT2D eigenvalue weighted by atomic mass is 9.89. The Hall–Kier alpha value is -1.72. The Morgan fingerprint density at radius 2 is 1.77 bits per heavy atom. The molecule has 4 rings (SSSR count). The second-order valence-electron chi connectivity index (χ2n) is 9.29.